The number of fused-ring (bicyclic) bond motifs is 2. The Labute approximate surface area is 207 Å². The standard InChI is InChI=1S/C30H24O4S/c1-3-33-29(31)25-17-21-15-23-24(16-22(21)18-26(25)30(32)34-4-2)28(20-13-9-6-10-14-20)35-27(23)19-11-7-5-8-12-19/h5-18H,3-4H2,1-2H3. The third-order valence-corrected chi connectivity index (χ3v) is 7.19. The molecule has 0 aliphatic heterocycles. The van der Waals surface area contributed by atoms with Crippen molar-refractivity contribution < 1.29 is 19.1 Å². The topological polar surface area (TPSA) is 52.6 Å². The molecule has 0 radical (unpaired) electrons. The average molecular weight is 481 g/mol. The van der Waals surface area contributed by atoms with Crippen molar-refractivity contribution in [3.05, 3.63) is 96.1 Å². The molecule has 0 aliphatic carbocycles. The van der Waals surface area contributed by atoms with Gasteiger partial charge in [-0.3, -0.25) is 0 Å². The van der Waals surface area contributed by atoms with Gasteiger partial charge in [-0.1, -0.05) is 60.7 Å². The third-order valence-electron chi connectivity index (χ3n) is 5.87. The smallest absolute Gasteiger partial charge is 0.339 e. The van der Waals surface area contributed by atoms with Gasteiger partial charge in [0, 0.05) is 20.5 Å². The third kappa shape index (κ3) is 4.31. The Kier molecular flexibility index (Phi) is 6.34. The average Bonchev–Trinajstić information content (AvgIpc) is 3.26. The maximum Gasteiger partial charge on any atom is 0.339 e. The summed E-state index contributed by atoms with van der Waals surface area (Å²) in [7, 11) is 0. The van der Waals surface area contributed by atoms with Crippen LogP contribution in [0.1, 0.15) is 34.6 Å². The molecule has 0 saturated carbocycles. The lowest BCUT2D eigenvalue weighted by Crippen LogP contribution is -2.14. The molecule has 0 aliphatic rings. The lowest BCUT2D eigenvalue weighted by molar-refractivity contribution is 0.0479. The van der Waals surface area contributed by atoms with Crippen LogP contribution in [0.4, 0.5) is 0 Å². The fourth-order valence-corrected chi connectivity index (χ4v) is 5.57. The zero-order chi connectivity index (χ0) is 24.4. The maximum absolute atomic E-state index is 12.7. The van der Waals surface area contributed by atoms with Crippen LogP contribution in [0.15, 0.2) is 84.9 Å². The predicted octanol–water partition coefficient (Wildman–Crippen LogP) is 7.74. The molecule has 1 heterocycles. The molecule has 1 aromatic heterocycles. The minimum Gasteiger partial charge on any atom is -0.462 e. The van der Waals surface area contributed by atoms with Gasteiger partial charge in [0.2, 0.25) is 0 Å². The molecular formula is C30H24O4S. The zero-order valence-electron chi connectivity index (χ0n) is 19.5. The van der Waals surface area contributed by atoms with Gasteiger partial charge < -0.3 is 9.47 Å². The van der Waals surface area contributed by atoms with Crippen molar-refractivity contribution in [3.63, 3.8) is 0 Å². The summed E-state index contributed by atoms with van der Waals surface area (Å²) in [5.41, 5.74) is 2.71. The van der Waals surface area contributed by atoms with Crippen molar-refractivity contribution in [1.82, 2.24) is 0 Å². The molecule has 4 aromatic carbocycles. The van der Waals surface area contributed by atoms with E-state index in [0.717, 1.165) is 42.4 Å². The number of esters is 2. The number of hydrogen-bond donors (Lipinski definition) is 0. The summed E-state index contributed by atoms with van der Waals surface area (Å²) in [5.74, 6) is -1.06. The second-order valence-corrected chi connectivity index (χ2v) is 9.10. The summed E-state index contributed by atoms with van der Waals surface area (Å²) in [6, 6.07) is 28.3. The predicted molar refractivity (Wildman–Crippen MR) is 142 cm³/mol. The van der Waals surface area contributed by atoms with E-state index in [1.165, 1.54) is 0 Å². The molecule has 0 N–H and O–H groups in total. The zero-order valence-corrected chi connectivity index (χ0v) is 20.4. The van der Waals surface area contributed by atoms with E-state index in [0.29, 0.717) is 0 Å². The van der Waals surface area contributed by atoms with E-state index in [-0.39, 0.29) is 24.3 Å². The van der Waals surface area contributed by atoms with Gasteiger partial charge in [0.05, 0.1) is 24.3 Å². The first-order chi connectivity index (χ1) is 17.1. The van der Waals surface area contributed by atoms with Gasteiger partial charge in [-0.15, -0.1) is 11.3 Å². The number of hydrogen-bond acceptors (Lipinski definition) is 5. The summed E-state index contributed by atoms with van der Waals surface area (Å²) < 4.78 is 10.5. The lowest BCUT2D eigenvalue weighted by atomic mass is 9.96. The van der Waals surface area contributed by atoms with Gasteiger partial charge in [0.1, 0.15) is 0 Å². The molecule has 5 heteroatoms. The Balaban J connectivity index is 1.81. The highest BCUT2D eigenvalue weighted by Crippen LogP contribution is 2.45. The Hall–Kier alpha value is -3.96. The second kappa shape index (κ2) is 9.72. The quantitative estimate of drug-likeness (QED) is 0.233. The normalized spacial score (nSPS) is 11.0. The highest BCUT2D eigenvalue weighted by molar-refractivity contribution is 7.21. The molecule has 0 atom stereocenters. The number of carbonyl (C=O) groups is 2. The molecule has 0 saturated heterocycles. The summed E-state index contributed by atoms with van der Waals surface area (Å²) in [5, 5.41) is 3.93. The molecule has 0 bridgehead atoms. The van der Waals surface area contributed by atoms with Gasteiger partial charge in [0.25, 0.3) is 0 Å². The van der Waals surface area contributed by atoms with E-state index in [1.54, 1.807) is 37.3 Å². The van der Waals surface area contributed by atoms with E-state index in [1.807, 2.05) is 36.4 Å². The molecule has 4 nitrogen and oxygen atoms in total. The molecule has 5 aromatic rings. The van der Waals surface area contributed by atoms with Gasteiger partial charge in [-0.25, -0.2) is 9.59 Å². The van der Waals surface area contributed by atoms with Gasteiger partial charge >= 0.3 is 11.9 Å². The van der Waals surface area contributed by atoms with Crippen molar-refractivity contribution in [2.75, 3.05) is 13.2 Å². The van der Waals surface area contributed by atoms with Crippen molar-refractivity contribution in [2.45, 2.75) is 13.8 Å². The van der Waals surface area contributed by atoms with Crippen LogP contribution in [0.2, 0.25) is 0 Å². The van der Waals surface area contributed by atoms with Gasteiger partial charge in [-0.05, 0) is 60.0 Å². The van der Waals surface area contributed by atoms with Crippen molar-refractivity contribution >= 4 is 44.8 Å². The first kappa shape index (κ1) is 22.8. The van der Waals surface area contributed by atoms with E-state index in [9.17, 15) is 9.59 Å². The number of benzene rings is 4. The number of carbonyl (C=O) groups excluding carboxylic acids is 2. The summed E-state index contributed by atoms with van der Waals surface area (Å²) in [6.07, 6.45) is 0. The van der Waals surface area contributed by atoms with E-state index >= 15 is 0 Å². The van der Waals surface area contributed by atoms with Crippen LogP contribution in [0.25, 0.3) is 42.4 Å². The van der Waals surface area contributed by atoms with Gasteiger partial charge in [0.15, 0.2) is 0 Å². The Morgan fingerprint density at radius 2 is 1.03 bits per heavy atom. The van der Waals surface area contributed by atoms with Crippen molar-refractivity contribution in [3.8, 4) is 20.9 Å². The Morgan fingerprint density at radius 3 is 1.40 bits per heavy atom. The number of thiophene rings is 1. The summed E-state index contributed by atoms with van der Waals surface area (Å²) in [6.45, 7) is 3.94. The number of rotatable bonds is 6. The van der Waals surface area contributed by atoms with Crippen molar-refractivity contribution in [2.24, 2.45) is 0 Å². The van der Waals surface area contributed by atoms with E-state index in [2.05, 4.69) is 36.4 Å². The van der Waals surface area contributed by atoms with E-state index < -0.39 is 11.9 Å². The first-order valence-corrected chi connectivity index (χ1v) is 12.4. The van der Waals surface area contributed by atoms with Crippen LogP contribution in [-0.4, -0.2) is 25.2 Å². The first-order valence-electron chi connectivity index (χ1n) is 11.6. The molecule has 0 spiro atoms. The van der Waals surface area contributed by atoms with Crippen molar-refractivity contribution in [1.29, 1.82) is 0 Å². The van der Waals surface area contributed by atoms with Crippen LogP contribution in [0, 0.1) is 0 Å². The SMILES string of the molecule is CCOC(=O)c1cc2cc3c(-c4ccccc4)sc(-c4ccccc4)c3cc2cc1C(=O)OCC. The molecule has 35 heavy (non-hydrogen) atoms. The summed E-state index contributed by atoms with van der Waals surface area (Å²) >= 11 is 1.74. The highest BCUT2D eigenvalue weighted by atomic mass is 32.1. The molecule has 5 rings (SSSR count). The monoisotopic (exact) mass is 480 g/mol. The minimum absolute atomic E-state index is 0.219. The Morgan fingerprint density at radius 1 is 0.629 bits per heavy atom. The molecule has 174 valence electrons. The van der Waals surface area contributed by atoms with Crippen LogP contribution in [-0.2, 0) is 9.47 Å². The molecule has 0 amide bonds. The second-order valence-electron chi connectivity index (χ2n) is 8.08. The molecule has 0 unspecified atom stereocenters. The number of ether oxygens (including phenoxy) is 2. The minimum atomic E-state index is -0.531. The van der Waals surface area contributed by atoms with Crippen LogP contribution in [0.5, 0.6) is 0 Å². The molecular weight excluding hydrogens is 456 g/mol. The lowest BCUT2D eigenvalue weighted by Gasteiger charge is -2.11. The van der Waals surface area contributed by atoms with Crippen LogP contribution in [0.3, 0.4) is 0 Å². The largest absolute Gasteiger partial charge is 0.462 e. The van der Waals surface area contributed by atoms with Crippen LogP contribution >= 0.6 is 11.3 Å². The highest BCUT2D eigenvalue weighted by Gasteiger charge is 2.22. The Bertz CT molecular complexity index is 1420. The van der Waals surface area contributed by atoms with Gasteiger partial charge in [-0.2, -0.15) is 0 Å². The van der Waals surface area contributed by atoms with Crippen LogP contribution < -0.4 is 0 Å². The summed E-state index contributed by atoms with van der Waals surface area (Å²) in [4.78, 5) is 27.8. The fraction of sp³-hybridized carbons (Fsp3) is 0.133. The maximum atomic E-state index is 12.7. The van der Waals surface area contributed by atoms with E-state index in [4.69, 9.17) is 9.47 Å². The molecule has 0 fully saturated rings. The fourth-order valence-electron chi connectivity index (χ4n) is 4.30.